The van der Waals surface area contributed by atoms with Crippen molar-refractivity contribution in [3.63, 3.8) is 0 Å². The zero-order chi connectivity index (χ0) is 19.1. The molecule has 0 radical (unpaired) electrons. The minimum absolute atomic E-state index is 0. The summed E-state index contributed by atoms with van der Waals surface area (Å²) in [7, 11) is 1.67. The predicted octanol–water partition coefficient (Wildman–Crippen LogP) is 3.09. The monoisotopic (exact) mass is 410 g/mol. The predicted molar refractivity (Wildman–Crippen MR) is 113 cm³/mol. The molecule has 2 saturated heterocycles. The number of ether oxygens (including phenoxy) is 1. The minimum atomic E-state index is 0. The van der Waals surface area contributed by atoms with Crippen molar-refractivity contribution in [1.29, 1.82) is 0 Å². The Morgan fingerprint density at radius 3 is 2.69 bits per heavy atom. The number of para-hydroxylation sites is 1. The van der Waals surface area contributed by atoms with Gasteiger partial charge in [-0.3, -0.25) is 14.8 Å². The van der Waals surface area contributed by atoms with E-state index in [0.717, 1.165) is 36.5 Å². The van der Waals surface area contributed by atoms with Crippen molar-refractivity contribution in [1.82, 2.24) is 20.2 Å². The maximum Gasteiger partial charge on any atom is 0.256 e. The topological polar surface area (TPSA) is 67.3 Å². The maximum absolute atomic E-state index is 13.6. The number of carbonyl (C=O) groups is 1. The molecule has 29 heavy (non-hydrogen) atoms. The molecule has 5 rings (SSSR count). The van der Waals surface area contributed by atoms with Crippen LogP contribution in [-0.4, -0.2) is 47.5 Å². The lowest BCUT2D eigenvalue weighted by Gasteiger charge is -2.29. The van der Waals surface area contributed by atoms with Crippen LogP contribution in [0, 0.1) is 11.8 Å². The third-order valence-electron chi connectivity index (χ3n) is 6.01. The van der Waals surface area contributed by atoms with Crippen molar-refractivity contribution in [3.8, 4) is 5.75 Å². The van der Waals surface area contributed by atoms with Gasteiger partial charge < -0.3 is 15.0 Å². The molecule has 3 heterocycles. The zero-order valence-electron chi connectivity index (χ0n) is 16.1. The number of nitrogens with one attached hydrogen (secondary N) is 1. The number of aromatic nitrogens is 2. The summed E-state index contributed by atoms with van der Waals surface area (Å²) < 4.78 is 5.30. The Hall–Kier alpha value is -2.70. The van der Waals surface area contributed by atoms with E-state index in [1.165, 1.54) is 0 Å². The van der Waals surface area contributed by atoms with E-state index >= 15 is 0 Å². The number of carbonyl (C=O) groups excluding carboxylic acids is 1. The first-order chi connectivity index (χ1) is 13.8. The summed E-state index contributed by atoms with van der Waals surface area (Å²) in [6, 6.07) is 13.8. The van der Waals surface area contributed by atoms with Gasteiger partial charge in [0.2, 0.25) is 0 Å². The van der Waals surface area contributed by atoms with Crippen molar-refractivity contribution in [2.24, 2.45) is 11.8 Å². The van der Waals surface area contributed by atoms with Crippen LogP contribution in [0.1, 0.15) is 22.0 Å². The number of methoxy groups -OCH3 is 1. The van der Waals surface area contributed by atoms with Crippen LogP contribution in [0.3, 0.4) is 0 Å². The molecule has 1 aromatic heterocycles. The lowest BCUT2D eigenvalue weighted by Crippen LogP contribution is -2.34. The Morgan fingerprint density at radius 1 is 1.10 bits per heavy atom. The highest BCUT2D eigenvalue weighted by atomic mass is 35.5. The first kappa shape index (κ1) is 19.6. The van der Waals surface area contributed by atoms with Crippen LogP contribution in [-0.2, 0) is 0 Å². The average Bonchev–Trinajstić information content (AvgIpc) is 3.34. The molecule has 0 saturated carbocycles. The van der Waals surface area contributed by atoms with Crippen LogP contribution < -0.4 is 10.1 Å². The van der Waals surface area contributed by atoms with Crippen LogP contribution in [0.15, 0.2) is 54.9 Å². The number of likely N-dealkylation sites (tertiary alicyclic amines) is 1. The number of benzene rings is 2. The number of hydrogen-bond donors (Lipinski definition) is 1. The first-order valence-corrected chi connectivity index (χ1v) is 9.61. The second kappa shape index (κ2) is 7.97. The van der Waals surface area contributed by atoms with E-state index in [2.05, 4.69) is 27.4 Å². The van der Waals surface area contributed by atoms with Crippen LogP contribution in [0.4, 0.5) is 0 Å². The van der Waals surface area contributed by atoms with E-state index < -0.39 is 0 Å². The minimum Gasteiger partial charge on any atom is -0.497 e. The molecule has 0 spiro atoms. The van der Waals surface area contributed by atoms with Gasteiger partial charge in [0, 0.05) is 37.9 Å². The maximum atomic E-state index is 13.6. The molecule has 2 aliphatic rings. The Balaban J connectivity index is 0.00000205. The van der Waals surface area contributed by atoms with Crippen molar-refractivity contribution in [3.05, 3.63) is 66.0 Å². The number of hydrogen-bond acceptors (Lipinski definition) is 5. The van der Waals surface area contributed by atoms with Crippen molar-refractivity contribution >= 4 is 29.3 Å². The van der Waals surface area contributed by atoms with E-state index in [-0.39, 0.29) is 24.4 Å². The zero-order valence-corrected chi connectivity index (χ0v) is 16.9. The van der Waals surface area contributed by atoms with Gasteiger partial charge >= 0.3 is 0 Å². The van der Waals surface area contributed by atoms with Gasteiger partial charge in [-0.2, -0.15) is 0 Å². The standard InChI is InChI=1S/C22H22N4O2.ClH/c1-28-16-7-5-14(6-8-16)21-18-12-23-11-15(18)13-26(21)22(27)17-3-2-4-19-20(17)25-10-9-24-19;/h2-10,15,18,21,23H,11-13H2,1H3;1H/t15-,18-,21-;/m0./s1. The molecule has 3 atom stereocenters. The van der Waals surface area contributed by atoms with Crippen molar-refractivity contribution in [2.45, 2.75) is 6.04 Å². The van der Waals surface area contributed by atoms with Gasteiger partial charge in [-0.15, -0.1) is 12.4 Å². The molecule has 3 aromatic rings. The highest BCUT2D eigenvalue weighted by molar-refractivity contribution is 6.04. The van der Waals surface area contributed by atoms with E-state index in [4.69, 9.17) is 4.74 Å². The van der Waals surface area contributed by atoms with E-state index in [0.29, 0.717) is 22.9 Å². The van der Waals surface area contributed by atoms with E-state index in [9.17, 15) is 4.79 Å². The van der Waals surface area contributed by atoms with Crippen LogP contribution >= 0.6 is 12.4 Å². The summed E-state index contributed by atoms with van der Waals surface area (Å²) >= 11 is 0. The Kier molecular flexibility index (Phi) is 5.39. The van der Waals surface area contributed by atoms with Gasteiger partial charge in [0.05, 0.1) is 24.2 Å². The SMILES string of the molecule is COc1ccc([C@H]2[C@H]3CNC[C@H]3CN2C(=O)c2cccc3nccnc23)cc1.Cl. The molecule has 0 bridgehead atoms. The second-order valence-electron chi connectivity index (χ2n) is 7.49. The first-order valence-electron chi connectivity index (χ1n) is 9.61. The molecule has 0 aliphatic carbocycles. The van der Waals surface area contributed by atoms with Crippen molar-refractivity contribution in [2.75, 3.05) is 26.7 Å². The number of nitrogens with zero attached hydrogens (tertiary/aromatic N) is 3. The fraction of sp³-hybridized carbons (Fsp3) is 0.318. The summed E-state index contributed by atoms with van der Waals surface area (Å²) in [4.78, 5) is 24.4. The Labute approximate surface area is 175 Å². The highest BCUT2D eigenvalue weighted by Gasteiger charge is 2.47. The van der Waals surface area contributed by atoms with E-state index in [1.54, 1.807) is 19.5 Å². The van der Waals surface area contributed by atoms with Crippen LogP contribution in [0.2, 0.25) is 0 Å². The molecule has 1 N–H and O–H groups in total. The number of amides is 1. The Bertz CT molecular complexity index is 1020. The lowest BCUT2D eigenvalue weighted by molar-refractivity contribution is 0.0716. The molecule has 1 amide bonds. The molecular weight excluding hydrogens is 388 g/mol. The molecule has 2 fully saturated rings. The second-order valence-corrected chi connectivity index (χ2v) is 7.49. The molecule has 2 aliphatic heterocycles. The lowest BCUT2D eigenvalue weighted by atomic mass is 9.89. The molecule has 2 aromatic carbocycles. The number of rotatable bonds is 3. The summed E-state index contributed by atoms with van der Waals surface area (Å²) in [6.45, 7) is 2.64. The fourth-order valence-corrected chi connectivity index (χ4v) is 4.68. The van der Waals surface area contributed by atoms with Gasteiger partial charge in [-0.1, -0.05) is 18.2 Å². The molecule has 7 heteroatoms. The normalized spacial score (nSPS) is 22.9. The average molecular weight is 411 g/mol. The molecule has 6 nitrogen and oxygen atoms in total. The Morgan fingerprint density at radius 2 is 1.90 bits per heavy atom. The van der Waals surface area contributed by atoms with Crippen LogP contribution in [0.25, 0.3) is 11.0 Å². The summed E-state index contributed by atoms with van der Waals surface area (Å²) in [6.07, 6.45) is 3.30. The summed E-state index contributed by atoms with van der Waals surface area (Å²) in [5.74, 6) is 1.74. The van der Waals surface area contributed by atoms with Gasteiger partial charge in [0.1, 0.15) is 11.3 Å². The third kappa shape index (κ3) is 3.32. The van der Waals surface area contributed by atoms with Gasteiger partial charge in [-0.05, 0) is 35.7 Å². The number of halogens is 1. The number of fused-ring (bicyclic) bond motifs is 2. The fourth-order valence-electron chi connectivity index (χ4n) is 4.68. The molecular formula is C22H23ClN4O2. The van der Waals surface area contributed by atoms with Gasteiger partial charge in [-0.25, -0.2) is 0 Å². The van der Waals surface area contributed by atoms with E-state index in [1.807, 2.05) is 35.2 Å². The largest absolute Gasteiger partial charge is 0.497 e. The van der Waals surface area contributed by atoms with Crippen molar-refractivity contribution < 1.29 is 9.53 Å². The smallest absolute Gasteiger partial charge is 0.256 e. The molecule has 0 unspecified atom stereocenters. The summed E-state index contributed by atoms with van der Waals surface area (Å²) in [5.41, 5.74) is 3.18. The quantitative estimate of drug-likeness (QED) is 0.718. The molecule has 150 valence electrons. The van der Waals surface area contributed by atoms with Gasteiger partial charge in [0.25, 0.3) is 5.91 Å². The van der Waals surface area contributed by atoms with Crippen LogP contribution in [0.5, 0.6) is 5.75 Å². The summed E-state index contributed by atoms with van der Waals surface area (Å²) in [5, 5.41) is 3.49. The third-order valence-corrected chi connectivity index (χ3v) is 6.01. The van der Waals surface area contributed by atoms with Gasteiger partial charge in [0.15, 0.2) is 0 Å². The highest BCUT2D eigenvalue weighted by Crippen LogP contribution is 2.43.